The van der Waals surface area contributed by atoms with Gasteiger partial charge in [-0.05, 0) is 42.3 Å². The van der Waals surface area contributed by atoms with Gasteiger partial charge >= 0.3 is 0 Å². The summed E-state index contributed by atoms with van der Waals surface area (Å²) in [5.41, 5.74) is 4.10. The summed E-state index contributed by atoms with van der Waals surface area (Å²) in [5.74, 6) is 1.40. The second-order valence-electron chi connectivity index (χ2n) is 7.43. The first-order valence-corrected chi connectivity index (χ1v) is 10.1. The van der Waals surface area contributed by atoms with Crippen LogP contribution >= 0.6 is 0 Å². The number of quaternary nitrogens is 1. The molecule has 3 aromatic carbocycles. The van der Waals surface area contributed by atoms with E-state index in [1.54, 1.807) is 7.11 Å². The van der Waals surface area contributed by atoms with Gasteiger partial charge in [-0.25, -0.2) is 0 Å². The lowest BCUT2D eigenvalue weighted by Gasteiger charge is -2.16. The van der Waals surface area contributed by atoms with E-state index in [-0.39, 0.29) is 5.91 Å². The molecule has 5 nitrogen and oxygen atoms in total. The van der Waals surface area contributed by atoms with Crippen molar-refractivity contribution in [2.24, 2.45) is 0 Å². The predicted octanol–water partition coefficient (Wildman–Crippen LogP) is 3.24. The van der Waals surface area contributed by atoms with E-state index >= 15 is 0 Å². The Hall–Kier alpha value is -3.31. The molecule has 0 aliphatic rings. The molecular formula is C25H29N2O3+. The molecule has 0 saturated carbocycles. The van der Waals surface area contributed by atoms with Crippen molar-refractivity contribution in [3.05, 3.63) is 89.5 Å². The Balaban J connectivity index is 1.56. The molecule has 0 aliphatic heterocycles. The first-order valence-electron chi connectivity index (χ1n) is 10.1. The van der Waals surface area contributed by atoms with E-state index in [1.165, 1.54) is 0 Å². The zero-order valence-electron chi connectivity index (χ0n) is 17.8. The Morgan fingerprint density at radius 2 is 1.67 bits per heavy atom. The van der Waals surface area contributed by atoms with Crippen LogP contribution in [-0.4, -0.2) is 26.6 Å². The topological polar surface area (TPSA) is 52.0 Å². The number of ether oxygens (including phenoxy) is 2. The fraction of sp³-hybridized carbons (Fsp3) is 0.240. The molecule has 0 saturated heterocycles. The van der Waals surface area contributed by atoms with E-state index in [1.807, 2.05) is 86.8 Å². The van der Waals surface area contributed by atoms with Gasteiger partial charge in [0.2, 0.25) is 0 Å². The first-order chi connectivity index (χ1) is 14.5. The average Bonchev–Trinajstić information content (AvgIpc) is 2.75. The molecular weight excluding hydrogens is 376 g/mol. The highest BCUT2D eigenvalue weighted by molar-refractivity contribution is 5.92. The van der Waals surface area contributed by atoms with Crippen molar-refractivity contribution < 1.29 is 19.2 Å². The summed E-state index contributed by atoms with van der Waals surface area (Å²) >= 11 is 0. The maximum atomic E-state index is 12.4. The fourth-order valence-electron chi connectivity index (χ4n) is 3.27. The van der Waals surface area contributed by atoms with E-state index in [0.717, 1.165) is 27.3 Å². The standard InChI is InChI=1S/C25H28N2O3/c1-19-9-7-8-12-22(19)26-25(28)17-27(2)16-21-13-14-23(24(15-21)29-3)30-18-20-10-5-4-6-11-20/h4-15H,16-18H2,1-3H3,(H,26,28)/p+1. The van der Waals surface area contributed by atoms with Crippen molar-refractivity contribution in [3.8, 4) is 11.5 Å². The summed E-state index contributed by atoms with van der Waals surface area (Å²) in [7, 11) is 3.64. The van der Waals surface area contributed by atoms with Gasteiger partial charge in [0, 0.05) is 11.3 Å². The number of nitrogens with one attached hydrogen (secondary N) is 2. The summed E-state index contributed by atoms with van der Waals surface area (Å²) in [4.78, 5) is 13.5. The largest absolute Gasteiger partial charge is 0.493 e. The molecule has 0 aliphatic carbocycles. The Kier molecular flexibility index (Phi) is 7.46. The van der Waals surface area contributed by atoms with Gasteiger partial charge in [0.15, 0.2) is 18.0 Å². The third-order valence-corrected chi connectivity index (χ3v) is 4.85. The molecule has 2 N–H and O–H groups in total. The second kappa shape index (κ2) is 10.5. The molecule has 3 rings (SSSR count). The summed E-state index contributed by atoms with van der Waals surface area (Å²) in [6.45, 7) is 3.56. The van der Waals surface area contributed by atoms with Gasteiger partial charge in [-0.2, -0.15) is 0 Å². The molecule has 0 radical (unpaired) electrons. The van der Waals surface area contributed by atoms with Crippen molar-refractivity contribution in [1.29, 1.82) is 0 Å². The van der Waals surface area contributed by atoms with Crippen molar-refractivity contribution in [2.45, 2.75) is 20.1 Å². The van der Waals surface area contributed by atoms with Gasteiger partial charge in [0.05, 0.1) is 14.2 Å². The number of para-hydroxylation sites is 1. The quantitative estimate of drug-likeness (QED) is 0.575. The third-order valence-electron chi connectivity index (χ3n) is 4.85. The molecule has 156 valence electrons. The molecule has 0 bridgehead atoms. The van der Waals surface area contributed by atoms with Gasteiger partial charge in [-0.15, -0.1) is 0 Å². The molecule has 1 unspecified atom stereocenters. The predicted molar refractivity (Wildman–Crippen MR) is 119 cm³/mol. The van der Waals surface area contributed by atoms with Crippen LogP contribution in [0.15, 0.2) is 72.8 Å². The maximum Gasteiger partial charge on any atom is 0.279 e. The molecule has 1 amide bonds. The van der Waals surface area contributed by atoms with E-state index < -0.39 is 0 Å². The highest BCUT2D eigenvalue weighted by Gasteiger charge is 2.14. The summed E-state index contributed by atoms with van der Waals surface area (Å²) in [6.07, 6.45) is 0. The summed E-state index contributed by atoms with van der Waals surface area (Å²) < 4.78 is 11.4. The SMILES string of the molecule is COc1cc(C[NH+](C)CC(=O)Nc2ccccc2C)ccc1OCc1ccccc1. The van der Waals surface area contributed by atoms with Crippen molar-refractivity contribution in [1.82, 2.24) is 0 Å². The molecule has 30 heavy (non-hydrogen) atoms. The number of carbonyl (C=O) groups excluding carboxylic acids is 1. The van der Waals surface area contributed by atoms with Crippen molar-refractivity contribution in [2.75, 3.05) is 26.0 Å². The second-order valence-corrected chi connectivity index (χ2v) is 7.43. The normalized spacial score (nSPS) is 11.6. The molecule has 0 aromatic heterocycles. The van der Waals surface area contributed by atoms with E-state index in [0.29, 0.717) is 31.2 Å². The number of hydrogen-bond donors (Lipinski definition) is 2. The number of methoxy groups -OCH3 is 1. The smallest absolute Gasteiger partial charge is 0.279 e. The van der Waals surface area contributed by atoms with Gasteiger partial charge in [-0.1, -0.05) is 48.5 Å². The molecule has 0 spiro atoms. The average molecular weight is 406 g/mol. The van der Waals surface area contributed by atoms with Crippen molar-refractivity contribution in [3.63, 3.8) is 0 Å². The maximum absolute atomic E-state index is 12.4. The van der Waals surface area contributed by atoms with E-state index in [2.05, 4.69) is 5.32 Å². The van der Waals surface area contributed by atoms with Gasteiger partial charge in [0.25, 0.3) is 5.91 Å². The third kappa shape index (κ3) is 6.09. The minimum atomic E-state index is -0.00317. The fourth-order valence-corrected chi connectivity index (χ4v) is 3.27. The van der Waals surface area contributed by atoms with Crippen LogP contribution in [-0.2, 0) is 17.9 Å². The highest BCUT2D eigenvalue weighted by atomic mass is 16.5. The number of benzene rings is 3. The number of carbonyl (C=O) groups is 1. The van der Waals surface area contributed by atoms with Gasteiger partial charge in [-0.3, -0.25) is 4.79 Å². The van der Waals surface area contributed by atoms with Crippen LogP contribution in [0.4, 0.5) is 5.69 Å². The Morgan fingerprint density at radius 3 is 2.40 bits per heavy atom. The minimum absolute atomic E-state index is 0.00317. The van der Waals surface area contributed by atoms with Crippen LogP contribution in [0.3, 0.4) is 0 Å². The van der Waals surface area contributed by atoms with Crippen LogP contribution < -0.4 is 19.7 Å². The Bertz CT molecular complexity index is 973. The highest BCUT2D eigenvalue weighted by Crippen LogP contribution is 2.28. The number of anilines is 1. The lowest BCUT2D eigenvalue weighted by Crippen LogP contribution is -3.08. The first kappa shape index (κ1) is 21.4. The van der Waals surface area contributed by atoms with Crippen molar-refractivity contribution >= 4 is 11.6 Å². The number of rotatable bonds is 9. The van der Waals surface area contributed by atoms with E-state index in [9.17, 15) is 4.79 Å². The van der Waals surface area contributed by atoms with Crippen LogP contribution in [0, 0.1) is 6.92 Å². The van der Waals surface area contributed by atoms with E-state index in [4.69, 9.17) is 9.47 Å². The van der Waals surface area contributed by atoms with Gasteiger partial charge in [0.1, 0.15) is 13.2 Å². The Labute approximate surface area is 178 Å². The number of amides is 1. The molecule has 0 fully saturated rings. The zero-order chi connectivity index (χ0) is 21.3. The monoisotopic (exact) mass is 405 g/mol. The number of likely N-dealkylation sites (N-methyl/N-ethyl adjacent to an activating group) is 1. The number of aryl methyl sites for hydroxylation is 1. The lowest BCUT2D eigenvalue weighted by molar-refractivity contribution is -0.885. The minimum Gasteiger partial charge on any atom is -0.493 e. The van der Waals surface area contributed by atoms with Crippen LogP contribution in [0.1, 0.15) is 16.7 Å². The number of hydrogen-bond acceptors (Lipinski definition) is 3. The van der Waals surface area contributed by atoms with Crippen LogP contribution in [0.2, 0.25) is 0 Å². The van der Waals surface area contributed by atoms with Gasteiger partial charge < -0.3 is 19.7 Å². The van der Waals surface area contributed by atoms with Crippen LogP contribution in [0.25, 0.3) is 0 Å². The summed E-state index contributed by atoms with van der Waals surface area (Å²) in [6, 6.07) is 23.7. The Morgan fingerprint density at radius 1 is 0.933 bits per heavy atom. The molecule has 5 heteroatoms. The summed E-state index contributed by atoms with van der Waals surface area (Å²) in [5, 5.41) is 2.99. The zero-order valence-corrected chi connectivity index (χ0v) is 17.8. The lowest BCUT2D eigenvalue weighted by atomic mass is 10.2. The molecule has 0 heterocycles. The molecule has 1 atom stereocenters. The van der Waals surface area contributed by atoms with Crippen LogP contribution in [0.5, 0.6) is 11.5 Å². The molecule has 3 aromatic rings.